The molecule has 1 aromatic heterocycles. The van der Waals surface area contributed by atoms with Crippen LogP contribution in [0.1, 0.15) is 0 Å². The van der Waals surface area contributed by atoms with Crippen molar-refractivity contribution in [2.75, 3.05) is 31.4 Å². The van der Waals surface area contributed by atoms with E-state index in [0.717, 1.165) is 38.6 Å². The van der Waals surface area contributed by atoms with Crippen molar-refractivity contribution in [2.45, 2.75) is 12.6 Å². The highest BCUT2D eigenvalue weighted by Crippen LogP contribution is 2.28. The maximum atomic E-state index is 12.0. The zero-order valence-corrected chi connectivity index (χ0v) is 17.4. The maximum Gasteiger partial charge on any atom is 0.211 e. The highest BCUT2D eigenvalue weighted by atomic mass is 32.2. The minimum absolute atomic E-state index is 0.171. The van der Waals surface area contributed by atoms with Gasteiger partial charge in [-0.3, -0.25) is 0 Å². The summed E-state index contributed by atoms with van der Waals surface area (Å²) in [5.41, 5.74) is 1.90. The standard InChI is InChI=1S/C19H24N2O5S2/c1-27(23,24)12-11-20(28(2,25)26)13-15(22)14-21-18-9-5-3-7-16(18)17-8-4-6-10-19(17)21/h3-10,15,22H,11-14H2,1-2H3. The van der Waals surface area contributed by atoms with Crippen LogP contribution >= 0.6 is 0 Å². The number of benzene rings is 2. The molecule has 1 atom stereocenters. The van der Waals surface area contributed by atoms with Crippen LogP contribution in [-0.2, 0) is 26.4 Å². The molecule has 1 unspecified atom stereocenters. The minimum atomic E-state index is -3.65. The maximum absolute atomic E-state index is 12.0. The van der Waals surface area contributed by atoms with Crippen molar-refractivity contribution in [3.8, 4) is 0 Å². The second-order valence-electron chi connectivity index (χ2n) is 7.05. The molecule has 0 aliphatic carbocycles. The van der Waals surface area contributed by atoms with Gasteiger partial charge in [0.05, 0.1) is 24.7 Å². The third kappa shape index (κ3) is 4.72. The van der Waals surface area contributed by atoms with Gasteiger partial charge < -0.3 is 9.67 Å². The normalized spacial score (nSPS) is 14.1. The van der Waals surface area contributed by atoms with Crippen molar-refractivity contribution in [2.24, 2.45) is 0 Å². The van der Waals surface area contributed by atoms with Crippen molar-refractivity contribution in [3.63, 3.8) is 0 Å². The monoisotopic (exact) mass is 424 g/mol. The van der Waals surface area contributed by atoms with Crippen LogP contribution in [-0.4, -0.2) is 68.3 Å². The molecule has 3 rings (SSSR count). The van der Waals surface area contributed by atoms with Gasteiger partial charge in [-0.05, 0) is 12.1 Å². The molecule has 0 saturated carbocycles. The number of aromatic nitrogens is 1. The van der Waals surface area contributed by atoms with Gasteiger partial charge in [-0.1, -0.05) is 36.4 Å². The third-order valence-electron chi connectivity index (χ3n) is 4.67. The van der Waals surface area contributed by atoms with Gasteiger partial charge in [0.25, 0.3) is 0 Å². The van der Waals surface area contributed by atoms with Gasteiger partial charge in [0.15, 0.2) is 0 Å². The Morgan fingerprint density at radius 1 is 0.929 bits per heavy atom. The number of fused-ring (bicyclic) bond motifs is 3. The molecule has 0 aliphatic rings. The van der Waals surface area contributed by atoms with E-state index in [1.807, 2.05) is 53.1 Å². The number of nitrogens with zero attached hydrogens (tertiary/aromatic N) is 2. The Labute approximate surface area is 165 Å². The quantitative estimate of drug-likeness (QED) is 0.591. The Morgan fingerprint density at radius 2 is 1.43 bits per heavy atom. The number of aliphatic hydroxyl groups excluding tert-OH is 1. The van der Waals surface area contributed by atoms with Crippen LogP contribution in [0.2, 0.25) is 0 Å². The van der Waals surface area contributed by atoms with Gasteiger partial charge in [-0.15, -0.1) is 0 Å². The molecular formula is C19H24N2O5S2. The predicted molar refractivity (Wildman–Crippen MR) is 112 cm³/mol. The highest BCUT2D eigenvalue weighted by molar-refractivity contribution is 7.91. The van der Waals surface area contributed by atoms with E-state index in [2.05, 4.69) is 0 Å². The lowest BCUT2D eigenvalue weighted by Gasteiger charge is -2.23. The van der Waals surface area contributed by atoms with Crippen molar-refractivity contribution in [1.82, 2.24) is 8.87 Å². The number of hydrogen-bond donors (Lipinski definition) is 1. The summed E-state index contributed by atoms with van der Waals surface area (Å²) in [4.78, 5) is 0. The van der Waals surface area contributed by atoms with Gasteiger partial charge in [0.1, 0.15) is 9.84 Å². The summed E-state index contributed by atoms with van der Waals surface area (Å²) in [6.45, 7) is -0.157. The molecule has 3 aromatic rings. The van der Waals surface area contributed by atoms with E-state index >= 15 is 0 Å². The van der Waals surface area contributed by atoms with E-state index in [-0.39, 0.29) is 25.4 Å². The molecular weight excluding hydrogens is 400 g/mol. The average molecular weight is 425 g/mol. The fourth-order valence-electron chi connectivity index (χ4n) is 3.36. The van der Waals surface area contributed by atoms with Crippen molar-refractivity contribution in [3.05, 3.63) is 48.5 Å². The molecule has 0 saturated heterocycles. The number of sulfonamides is 1. The lowest BCUT2D eigenvalue weighted by Crippen LogP contribution is -2.40. The van der Waals surface area contributed by atoms with Crippen LogP contribution in [0.4, 0.5) is 0 Å². The molecule has 0 spiro atoms. The van der Waals surface area contributed by atoms with Crippen molar-refractivity contribution in [1.29, 1.82) is 0 Å². The highest BCUT2D eigenvalue weighted by Gasteiger charge is 2.23. The van der Waals surface area contributed by atoms with E-state index in [1.54, 1.807) is 0 Å². The molecule has 0 bridgehead atoms. The Bertz CT molecular complexity index is 1150. The molecule has 2 aromatic carbocycles. The van der Waals surface area contributed by atoms with Crippen molar-refractivity contribution < 1.29 is 21.9 Å². The lowest BCUT2D eigenvalue weighted by atomic mass is 10.2. The summed E-state index contributed by atoms with van der Waals surface area (Å²) in [5.74, 6) is -0.290. The molecule has 9 heteroatoms. The van der Waals surface area contributed by atoms with Crippen LogP contribution < -0.4 is 0 Å². The Balaban J connectivity index is 1.88. The molecule has 152 valence electrons. The molecule has 28 heavy (non-hydrogen) atoms. The predicted octanol–water partition coefficient (Wildman–Crippen LogP) is 1.46. The van der Waals surface area contributed by atoms with Crippen LogP contribution in [0.15, 0.2) is 48.5 Å². The summed E-state index contributed by atoms with van der Waals surface area (Å²) in [6, 6.07) is 15.7. The van der Waals surface area contributed by atoms with Crippen LogP contribution in [0.25, 0.3) is 21.8 Å². The van der Waals surface area contributed by atoms with Gasteiger partial charge in [-0.25, -0.2) is 16.8 Å². The van der Waals surface area contributed by atoms with Crippen LogP contribution in [0, 0.1) is 0 Å². The number of rotatable bonds is 8. The summed E-state index contributed by atoms with van der Waals surface area (Å²) >= 11 is 0. The summed E-state index contributed by atoms with van der Waals surface area (Å²) in [7, 11) is -6.96. The van der Waals surface area contributed by atoms with Crippen LogP contribution in [0.5, 0.6) is 0 Å². The van der Waals surface area contributed by atoms with Crippen LogP contribution in [0.3, 0.4) is 0 Å². The Morgan fingerprint density at radius 3 is 1.89 bits per heavy atom. The summed E-state index contributed by atoms with van der Waals surface area (Å²) in [6.07, 6.45) is 1.08. The molecule has 0 fully saturated rings. The average Bonchev–Trinajstić information content (AvgIpc) is 2.91. The topological polar surface area (TPSA) is 96.7 Å². The van der Waals surface area contributed by atoms with E-state index in [4.69, 9.17) is 0 Å². The lowest BCUT2D eigenvalue weighted by molar-refractivity contribution is 0.132. The fourth-order valence-corrected chi connectivity index (χ4v) is 4.90. The number of aliphatic hydroxyl groups is 1. The van der Waals surface area contributed by atoms with E-state index in [0.29, 0.717) is 0 Å². The SMILES string of the molecule is CS(=O)(=O)CCN(CC(O)Cn1c2ccccc2c2ccccc21)S(C)(=O)=O. The molecule has 0 radical (unpaired) electrons. The second kappa shape index (κ2) is 7.82. The summed E-state index contributed by atoms with van der Waals surface area (Å²) < 4.78 is 49.9. The van der Waals surface area contributed by atoms with Crippen molar-refractivity contribution >= 4 is 41.7 Å². The zero-order valence-electron chi connectivity index (χ0n) is 15.8. The number of hydrogen-bond acceptors (Lipinski definition) is 5. The minimum Gasteiger partial charge on any atom is -0.390 e. The van der Waals surface area contributed by atoms with Gasteiger partial charge in [-0.2, -0.15) is 4.31 Å². The first-order valence-corrected chi connectivity index (χ1v) is 12.7. The van der Waals surface area contributed by atoms with Gasteiger partial charge in [0, 0.05) is 41.2 Å². The Kier molecular flexibility index (Phi) is 5.81. The fraction of sp³-hybridized carbons (Fsp3) is 0.368. The third-order valence-corrected chi connectivity index (χ3v) is 6.86. The smallest absolute Gasteiger partial charge is 0.211 e. The largest absolute Gasteiger partial charge is 0.390 e. The van der Waals surface area contributed by atoms with E-state index in [1.165, 1.54) is 0 Å². The second-order valence-corrected chi connectivity index (χ2v) is 11.3. The number of sulfone groups is 1. The first-order valence-electron chi connectivity index (χ1n) is 8.83. The molecule has 1 heterocycles. The first kappa shape index (κ1) is 20.8. The van der Waals surface area contributed by atoms with E-state index < -0.39 is 26.0 Å². The number of para-hydroxylation sites is 2. The molecule has 0 amide bonds. The van der Waals surface area contributed by atoms with Gasteiger partial charge >= 0.3 is 0 Å². The molecule has 1 N–H and O–H groups in total. The zero-order chi connectivity index (χ0) is 20.5. The summed E-state index contributed by atoms with van der Waals surface area (Å²) in [5, 5.41) is 12.7. The molecule has 0 aliphatic heterocycles. The first-order chi connectivity index (χ1) is 13.1. The van der Waals surface area contributed by atoms with E-state index in [9.17, 15) is 21.9 Å². The molecule has 7 nitrogen and oxygen atoms in total. The Hall–Kier alpha value is -1.94. The van der Waals surface area contributed by atoms with Gasteiger partial charge in [0.2, 0.25) is 10.0 Å².